The minimum atomic E-state index is -0.280. The summed E-state index contributed by atoms with van der Waals surface area (Å²) in [6.07, 6.45) is 5.99. The Morgan fingerprint density at radius 2 is 2.00 bits per heavy atom. The van der Waals surface area contributed by atoms with E-state index in [-0.39, 0.29) is 17.8 Å². The van der Waals surface area contributed by atoms with E-state index >= 15 is 0 Å². The molecule has 0 N–H and O–H groups in total. The van der Waals surface area contributed by atoms with Gasteiger partial charge >= 0.3 is 5.97 Å². The van der Waals surface area contributed by atoms with Gasteiger partial charge in [-0.05, 0) is 49.1 Å². The van der Waals surface area contributed by atoms with Crippen molar-refractivity contribution in [2.24, 2.45) is 23.7 Å². The fourth-order valence-electron chi connectivity index (χ4n) is 4.22. The number of Topliss-reactive ketones (excluding diaryl/α,β-unsaturated/α-hetero) is 1. The summed E-state index contributed by atoms with van der Waals surface area (Å²) >= 11 is 0. The first-order chi connectivity index (χ1) is 11.6. The molecule has 0 spiro atoms. The van der Waals surface area contributed by atoms with Gasteiger partial charge in [-0.15, -0.1) is 0 Å². The minimum Gasteiger partial charge on any atom is -0.462 e. The summed E-state index contributed by atoms with van der Waals surface area (Å²) < 4.78 is 5.52. The first kappa shape index (κ1) is 16.9. The first-order valence-corrected chi connectivity index (χ1v) is 9.02. The molecule has 0 saturated heterocycles. The van der Waals surface area contributed by atoms with Gasteiger partial charge in [0.05, 0.1) is 12.2 Å². The van der Waals surface area contributed by atoms with Crippen molar-refractivity contribution in [3.63, 3.8) is 0 Å². The van der Waals surface area contributed by atoms with Crippen LogP contribution < -0.4 is 0 Å². The van der Waals surface area contributed by atoms with Gasteiger partial charge in [-0.3, -0.25) is 4.79 Å². The summed E-state index contributed by atoms with van der Waals surface area (Å²) in [6, 6.07) is 9.08. The highest BCUT2D eigenvalue weighted by molar-refractivity contribution is 5.89. The molecule has 0 aliphatic heterocycles. The lowest BCUT2D eigenvalue weighted by Crippen LogP contribution is -2.39. The van der Waals surface area contributed by atoms with Crippen molar-refractivity contribution in [1.82, 2.24) is 0 Å². The number of esters is 1. The molecule has 3 rings (SSSR count). The second kappa shape index (κ2) is 7.33. The number of fused-ring (bicyclic) bond motifs is 1. The number of hydrogen-bond acceptors (Lipinski definition) is 3. The maximum atomic E-state index is 12.5. The lowest BCUT2D eigenvalue weighted by molar-refractivity contribution is -0.125. The van der Waals surface area contributed by atoms with Crippen LogP contribution in [0, 0.1) is 23.7 Å². The number of carbonyl (C=O) groups is 2. The molecule has 3 nitrogen and oxygen atoms in total. The molecule has 0 radical (unpaired) electrons. The fraction of sp³-hybridized carbons (Fsp3) is 0.524. The Bertz CT molecular complexity index is 632. The smallest absolute Gasteiger partial charge is 0.338 e. The van der Waals surface area contributed by atoms with Gasteiger partial charge in [0.25, 0.3) is 0 Å². The molecule has 0 heterocycles. The molecule has 1 aromatic rings. The lowest BCUT2D eigenvalue weighted by atomic mass is 9.63. The molecule has 0 unspecified atom stereocenters. The Morgan fingerprint density at radius 3 is 2.75 bits per heavy atom. The van der Waals surface area contributed by atoms with Gasteiger partial charge in [0.2, 0.25) is 0 Å². The van der Waals surface area contributed by atoms with E-state index in [4.69, 9.17) is 4.74 Å². The minimum absolute atomic E-state index is 0.0490. The van der Waals surface area contributed by atoms with Gasteiger partial charge in [-0.25, -0.2) is 4.79 Å². The van der Waals surface area contributed by atoms with Gasteiger partial charge in [-0.1, -0.05) is 43.7 Å². The summed E-state index contributed by atoms with van der Waals surface area (Å²) in [5.41, 5.74) is 1.92. The highest BCUT2D eigenvalue weighted by Crippen LogP contribution is 2.45. The molecule has 1 fully saturated rings. The number of rotatable bonds is 4. The number of hydrogen-bond donors (Lipinski definition) is 0. The van der Waals surface area contributed by atoms with E-state index in [1.165, 1.54) is 5.57 Å². The Morgan fingerprint density at radius 1 is 1.25 bits per heavy atom. The normalized spacial score (nSPS) is 27.8. The number of benzene rings is 1. The molecule has 2 aliphatic rings. The summed E-state index contributed by atoms with van der Waals surface area (Å²) in [7, 11) is 0. The molecule has 1 saturated carbocycles. The predicted octanol–water partition coefficient (Wildman–Crippen LogP) is 4.43. The number of allylic oxidation sites excluding steroid dienone is 2. The fourth-order valence-corrected chi connectivity index (χ4v) is 4.22. The molecule has 4 atom stereocenters. The zero-order valence-corrected chi connectivity index (χ0v) is 14.5. The van der Waals surface area contributed by atoms with Gasteiger partial charge in [-0.2, -0.15) is 0 Å². The maximum Gasteiger partial charge on any atom is 0.338 e. The van der Waals surface area contributed by atoms with Crippen LogP contribution >= 0.6 is 0 Å². The average molecular weight is 326 g/mol. The van der Waals surface area contributed by atoms with E-state index in [1.54, 1.807) is 12.1 Å². The standard InChI is InChI=1S/C21H26O3/c1-14-11-12-18(20-17(14)9-6-10-19(20)22)15(2)13-24-21(23)16-7-4-3-5-8-16/h3-5,7-9,14-15,18,20H,6,10-13H2,1-2H3/t14-,15+,18+,20-/m0/s1. The third-order valence-electron chi connectivity index (χ3n) is 5.62. The number of ketones is 1. The van der Waals surface area contributed by atoms with E-state index in [1.807, 2.05) is 18.2 Å². The average Bonchev–Trinajstić information content (AvgIpc) is 2.61. The van der Waals surface area contributed by atoms with Crippen LogP contribution in [-0.4, -0.2) is 18.4 Å². The van der Waals surface area contributed by atoms with Gasteiger partial charge < -0.3 is 4.74 Å². The van der Waals surface area contributed by atoms with Crippen molar-refractivity contribution >= 4 is 11.8 Å². The highest BCUT2D eigenvalue weighted by atomic mass is 16.5. The van der Waals surface area contributed by atoms with Crippen LogP contribution in [-0.2, 0) is 9.53 Å². The SMILES string of the molecule is C[C@H](COC(=O)c1ccccc1)[C@H]1CC[C@H](C)C2=CCCC(=O)[C@@H]21. The molecular weight excluding hydrogens is 300 g/mol. The molecule has 1 aromatic carbocycles. The Hall–Kier alpha value is -1.90. The molecule has 24 heavy (non-hydrogen) atoms. The van der Waals surface area contributed by atoms with Crippen LogP contribution in [0.2, 0.25) is 0 Å². The molecule has 0 aromatic heterocycles. The van der Waals surface area contributed by atoms with Crippen molar-refractivity contribution in [3.8, 4) is 0 Å². The zero-order valence-electron chi connectivity index (χ0n) is 14.5. The van der Waals surface area contributed by atoms with Crippen LogP contribution in [0.5, 0.6) is 0 Å². The topological polar surface area (TPSA) is 43.4 Å². The molecule has 0 amide bonds. The van der Waals surface area contributed by atoms with E-state index in [0.717, 1.165) is 19.3 Å². The van der Waals surface area contributed by atoms with E-state index in [0.29, 0.717) is 36.2 Å². The van der Waals surface area contributed by atoms with Crippen molar-refractivity contribution in [2.75, 3.05) is 6.61 Å². The predicted molar refractivity (Wildman–Crippen MR) is 93.6 cm³/mol. The first-order valence-electron chi connectivity index (χ1n) is 9.02. The van der Waals surface area contributed by atoms with Crippen LogP contribution in [0.3, 0.4) is 0 Å². The van der Waals surface area contributed by atoms with E-state index in [2.05, 4.69) is 19.9 Å². The summed E-state index contributed by atoms with van der Waals surface area (Å²) in [5, 5.41) is 0. The molecule has 3 heteroatoms. The Balaban J connectivity index is 1.65. The summed E-state index contributed by atoms with van der Waals surface area (Å²) in [6.45, 7) is 4.72. The molecule has 0 bridgehead atoms. The number of ether oxygens (including phenoxy) is 1. The maximum absolute atomic E-state index is 12.5. The number of carbonyl (C=O) groups excluding carboxylic acids is 2. The van der Waals surface area contributed by atoms with Crippen molar-refractivity contribution in [2.45, 2.75) is 39.5 Å². The van der Waals surface area contributed by atoms with Crippen molar-refractivity contribution in [3.05, 3.63) is 47.5 Å². The Kier molecular flexibility index (Phi) is 5.17. The third kappa shape index (κ3) is 3.45. The van der Waals surface area contributed by atoms with E-state index < -0.39 is 0 Å². The second-order valence-corrected chi connectivity index (χ2v) is 7.27. The monoisotopic (exact) mass is 326 g/mol. The quantitative estimate of drug-likeness (QED) is 0.607. The largest absolute Gasteiger partial charge is 0.462 e. The zero-order chi connectivity index (χ0) is 17.1. The molecule has 2 aliphatic carbocycles. The summed E-state index contributed by atoms with van der Waals surface area (Å²) in [5.74, 6) is 1.15. The lowest BCUT2D eigenvalue weighted by Gasteiger charge is -2.41. The van der Waals surface area contributed by atoms with Crippen LogP contribution in [0.1, 0.15) is 49.9 Å². The second-order valence-electron chi connectivity index (χ2n) is 7.27. The Labute approximate surface area is 144 Å². The summed E-state index contributed by atoms with van der Waals surface area (Å²) in [4.78, 5) is 24.6. The van der Waals surface area contributed by atoms with Gasteiger partial charge in [0.1, 0.15) is 5.78 Å². The van der Waals surface area contributed by atoms with Gasteiger partial charge in [0, 0.05) is 12.3 Å². The van der Waals surface area contributed by atoms with Crippen LogP contribution in [0.15, 0.2) is 42.0 Å². The molecular formula is C21H26O3. The van der Waals surface area contributed by atoms with Crippen molar-refractivity contribution in [1.29, 1.82) is 0 Å². The van der Waals surface area contributed by atoms with Gasteiger partial charge in [0.15, 0.2) is 0 Å². The van der Waals surface area contributed by atoms with Crippen LogP contribution in [0.25, 0.3) is 0 Å². The molecule has 128 valence electrons. The van der Waals surface area contributed by atoms with Crippen LogP contribution in [0.4, 0.5) is 0 Å². The van der Waals surface area contributed by atoms with Crippen molar-refractivity contribution < 1.29 is 14.3 Å². The third-order valence-corrected chi connectivity index (χ3v) is 5.62. The van der Waals surface area contributed by atoms with E-state index in [9.17, 15) is 9.59 Å². The highest BCUT2D eigenvalue weighted by Gasteiger charge is 2.41.